The topological polar surface area (TPSA) is 67.9 Å². The van der Waals surface area contributed by atoms with Gasteiger partial charge in [0.1, 0.15) is 0 Å². The van der Waals surface area contributed by atoms with Crippen LogP contribution in [0.1, 0.15) is 19.4 Å². The van der Waals surface area contributed by atoms with Crippen molar-refractivity contribution in [1.29, 1.82) is 0 Å². The van der Waals surface area contributed by atoms with E-state index in [1.165, 1.54) is 13.8 Å². The molecule has 80 valence electrons. The first-order valence-corrected chi connectivity index (χ1v) is 4.56. The summed E-state index contributed by atoms with van der Waals surface area (Å²) >= 11 is 0. The van der Waals surface area contributed by atoms with E-state index in [9.17, 15) is 10.1 Å². The second kappa shape index (κ2) is 4.16. The number of benzene rings is 1. The fourth-order valence-electron chi connectivity index (χ4n) is 0.828. The highest BCUT2D eigenvalue weighted by Crippen LogP contribution is 2.17. The molecule has 0 amide bonds. The number of azo groups is 1. The molecule has 0 aliphatic carbocycles. The molecule has 0 aliphatic rings. The monoisotopic (exact) mass is 207 g/mol. The first kappa shape index (κ1) is 11.3. The van der Waals surface area contributed by atoms with Crippen LogP contribution in [0, 0.1) is 17.0 Å². The van der Waals surface area contributed by atoms with E-state index in [4.69, 9.17) is 0 Å². The van der Waals surface area contributed by atoms with Crippen molar-refractivity contribution in [1.82, 2.24) is 0 Å². The van der Waals surface area contributed by atoms with Gasteiger partial charge in [-0.15, -0.1) is 10.2 Å². The van der Waals surface area contributed by atoms with Crippen molar-refractivity contribution in [3.05, 3.63) is 39.9 Å². The number of nitro groups is 1. The molecule has 0 unspecified atom stereocenters. The SMILES string of the molecule is Cc1ccc(N=NC(C)(C)[N+](=O)[O-])cc1. The summed E-state index contributed by atoms with van der Waals surface area (Å²) in [5.74, 6) is 0. The molecule has 1 aromatic rings. The first-order valence-electron chi connectivity index (χ1n) is 4.56. The van der Waals surface area contributed by atoms with Crippen LogP contribution in [0.5, 0.6) is 0 Å². The van der Waals surface area contributed by atoms with E-state index >= 15 is 0 Å². The van der Waals surface area contributed by atoms with Crippen LogP contribution in [0.3, 0.4) is 0 Å². The highest BCUT2D eigenvalue weighted by Gasteiger charge is 2.29. The smallest absolute Gasteiger partial charge is 0.262 e. The van der Waals surface area contributed by atoms with E-state index in [1.54, 1.807) is 12.1 Å². The van der Waals surface area contributed by atoms with Crippen molar-refractivity contribution >= 4 is 5.69 Å². The van der Waals surface area contributed by atoms with Crippen LogP contribution in [0.2, 0.25) is 0 Å². The third-order valence-corrected chi connectivity index (χ3v) is 1.89. The van der Waals surface area contributed by atoms with Crippen LogP contribution >= 0.6 is 0 Å². The zero-order valence-electron chi connectivity index (χ0n) is 8.97. The van der Waals surface area contributed by atoms with Gasteiger partial charge in [-0.1, -0.05) is 17.7 Å². The molecule has 0 aromatic heterocycles. The average Bonchev–Trinajstić information content (AvgIpc) is 2.17. The van der Waals surface area contributed by atoms with Crippen molar-refractivity contribution in [3.8, 4) is 0 Å². The molecular weight excluding hydrogens is 194 g/mol. The second-order valence-corrected chi connectivity index (χ2v) is 3.79. The summed E-state index contributed by atoms with van der Waals surface area (Å²) in [7, 11) is 0. The Morgan fingerprint density at radius 3 is 2.27 bits per heavy atom. The fraction of sp³-hybridized carbons (Fsp3) is 0.400. The highest BCUT2D eigenvalue weighted by atomic mass is 16.6. The van der Waals surface area contributed by atoms with Crippen molar-refractivity contribution in [3.63, 3.8) is 0 Å². The predicted octanol–water partition coefficient (Wildman–Crippen LogP) is 3.09. The van der Waals surface area contributed by atoms with E-state index in [0.29, 0.717) is 5.69 Å². The third kappa shape index (κ3) is 3.12. The molecule has 0 heterocycles. The van der Waals surface area contributed by atoms with Gasteiger partial charge in [0, 0.05) is 13.8 Å². The molecule has 0 aliphatic heterocycles. The van der Waals surface area contributed by atoms with Crippen molar-refractivity contribution in [2.24, 2.45) is 10.2 Å². The molecule has 1 aromatic carbocycles. The van der Waals surface area contributed by atoms with Crippen molar-refractivity contribution in [2.75, 3.05) is 0 Å². The Kier molecular flexibility index (Phi) is 3.14. The highest BCUT2D eigenvalue weighted by molar-refractivity contribution is 5.37. The number of hydrogen-bond donors (Lipinski definition) is 0. The average molecular weight is 207 g/mol. The first-order chi connectivity index (χ1) is 6.92. The molecule has 0 radical (unpaired) electrons. The molecule has 5 nitrogen and oxygen atoms in total. The Labute approximate surface area is 88.0 Å². The number of rotatable bonds is 3. The molecule has 0 atom stereocenters. The fourth-order valence-corrected chi connectivity index (χ4v) is 0.828. The molecule has 0 saturated heterocycles. The van der Waals surface area contributed by atoms with Crippen LogP contribution in [0.25, 0.3) is 0 Å². The van der Waals surface area contributed by atoms with Crippen molar-refractivity contribution in [2.45, 2.75) is 26.4 Å². The quantitative estimate of drug-likeness (QED) is 0.434. The lowest BCUT2D eigenvalue weighted by Gasteiger charge is -2.07. The lowest BCUT2D eigenvalue weighted by molar-refractivity contribution is -0.559. The molecule has 1 rings (SSSR count). The Morgan fingerprint density at radius 2 is 1.80 bits per heavy atom. The lowest BCUT2D eigenvalue weighted by atomic mass is 10.2. The third-order valence-electron chi connectivity index (χ3n) is 1.89. The normalized spacial score (nSPS) is 11.9. The summed E-state index contributed by atoms with van der Waals surface area (Å²) in [5, 5.41) is 18.1. The maximum absolute atomic E-state index is 10.5. The summed E-state index contributed by atoms with van der Waals surface area (Å²) in [5.41, 5.74) is 0.364. The van der Waals surface area contributed by atoms with Gasteiger partial charge in [0.05, 0.1) is 10.6 Å². The maximum Gasteiger partial charge on any atom is 0.324 e. The summed E-state index contributed by atoms with van der Waals surface area (Å²) in [6, 6.07) is 7.31. The summed E-state index contributed by atoms with van der Waals surface area (Å²) in [6.45, 7) is 4.78. The molecule has 0 N–H and O–H groups in total. The van der Waals surface area contributed by atoms with E-state index in [0.717, 1.165) is 5.56 Å². The van der Waals surface area contributed by atoms with E-state index in [-0.39, 0.29) is 0 Å². The van der Waals surface area contributed by atoms with Gasteiger partial charge in [-0.2, -0.15) is 0 Å². The van der Waals surface area contributed by atoms with Crippen LogP contribution in [0.15, 0.2) is 34.5 Å². The molecule has 15 heavy (non-hydrogen) atoms. The zero-order valence-corrected chi connectivity index (χ0v) is 8.97. The van der Waals surface area contributed by atoms with Crippen LogP contribution in [-0.2, 0) is 0 Å². The summed E-state index contributed by atoms with van der Waals surface area (Å²) < 4.78 is 0. The largest absolute Gasteiger partial charge is 0.324 e. The minimum absolute atomic E-state index is 0.468. The minimum Gasteiger partial charge on any atom is -0.262 e. The van der Waals surface area contributed by atoms with Gasteiger partial charge < -0.3 is 0 Å². The second-order valence-electron chi connectivity index (χ2n) is 3.79. The van der Waals surface area contributed by atoms with Gasteiger partial charge in [0.2, 0.25) is 0 Å². The van der Waals surface area contributed by atoms with E-state index in [1.807, 2.05) is 19.1 Å². The number of nitrogens with zero attached hydrogens (tertiary/aromatic N) is 3. The molecule has 0 bridgehead atoms. The summed E-state index contributed by atoms with van der Waals surface area (Å²) in [4.78, 5) is 10.1. The Balaban J connectivity index is 2.82. The van der Waals surface area contributed by atoms with Crippen LogP contribution in [-0.4, -0.2) is 10.6 Å². The molecular formula is C10H13N3O2. The standard InChI is InChI=1S/C10H13N3O2/c1-8-4-6-9(7-5-8)11-12-10(2,3)13(14)15/h4-7H,1-3H3. The van der Waals surface area contributed by atoms with Gasteiger partial charge in [-0.25, -0.2) is 0 Å². The minimum atomic E-state index is -1.37. The van der Waals surface area contributed by atoms with E-state index in [2.05, 4.69) is 10.2 Å². The maximum atomic E-state index is 10.5. The van der Waals surface area contributed by atoms with Gasteiger partial charge in [-0.3, -0.25) is 10.1 Å². The van der Waals surface area contributed by atoms with Crippen LogP contribution in [0.4, 0.5) is 5.69 Å². The molecule has 0 fully saturated rings. The number of hydrogen-bond acceptors (Lipinski definition) is 4. The molecule has 5 heteroatoms. The Morgan fingerprint density at radius 1 is 1.27 bits per heavy atom. The van der Waals surface area contributed by atoms with Gasteiger partial charge in [-0.05, 0) is 19.1 Å². The van der Waals surface area contributed by atoms with Gasteiger partial charge in [0.25, 0.3) is 0 Å². The summed E-state index contributed by atoms with van der Waals surface area (Å²) in [6.07, 6.45) is 0. The zero-order chi connectivity index (χ0) is 11.5. The van der Waals surface area contributed by atoms with Crippen molar-refractivity contribution < 1.29 is 4.92 Å². The van der Waals surface area contributed by atoms with E-state index < -0.39 is 10.6 Å². The molecule has 0 saturated carbocycles. The van der Waals surface area contributed by atoms with Gasteiger partial charge in [0.15, 0.2) is 0 Å². The van der Waals surface area contributed by atoms with Gasteiger partial charge >= 0.3 is 5.66 Å². The predicted molar refractivity (Wildman–Crippen MR) is 56.8 cm³/mol. The number of aryl methyl sites for hydroxylation is 1. The molecule has 0 spiro atoms. The lowest BCUT2D eigenvalue weighted by Crippen LogP contribution is -2.27. The Bertz CT molecular complexity index is 382. The Hall–Kier alpha value is -1.78. The van der Waals surface area contributed by atoms with Crippen LogP contribution < -0.4 is 0 Å².